The van der Waals surface area contributed by atoms with Gasteiger partial charge in [0.1, 0.15) is 11.5 Å². The zero-order valence-electron chi connectivity index (χ0n) is 14.6. The first-order chi connectivity index (χ1) is 12.9. The second-order valence-corrected chi connectivity index (χ2v) is 7.81. The van der Waals surface area contributed by atoms with Crippen molar-refractivity contribution in [2.75, 3.05) is 13.1 Å². The zero-order chi connectivity index (χ0) is 19.2. The number of halogens is 1. The summed E-state index contributed by atoms with van der Waals surface area (Å²) in [5.74, 6) is 0.774. The highest BCUT2D eigenvalue weighted by Gasteiger charge is 2.54. The Morgan fingerprint density at radius 3 is 2.89 bits per heavy atom. The highest BCUT2D eigenvalue weighted by molar-refractivity contribution is 6.33. The van der Waals surface area contributed by atoms with Crippen LogP contribution >= 0.6 is 11.6 Å². The van der Waals surface area contributed by atoms with Gasteiger partial charge in [0.2, 0.25) is 0 Å². The van der Waals surface area contributed by atoms with Gasteiger partial charge < -0.3 is 9.52 Å². The number of likely N-dealkylation sites (tertiary alicyclic amines) is 1. The first-order valence-electron chi connectivity index (χ1n) is 8.88. The molecule has 1 aliphatic carbocycles. The van der Waals surface area contributed by atoms with Crippen LogP contribution in [0.1, 0.15) is 25.0 Å². The van der Waals surface area contributed by atoms with Gasteiger partial charge in [-0.25, -0.2) is 0 Å². The average Bonchev–Trinajstić information content (AvgIpc) is 3.29. The second kappa shape index (κ2) is 6.65. The molecule has 2 fully saturated rings. The van der Waals surface area contributed by atoms with E-state index in [-0.39, 0.29) is 16.6 Å². The van der Waals surface area contributed by atoms with Gasteiger partial charge in [0, 0.05) is 30.8 Å². The molecular formula is C19H19ClN2O5. The average molecular weight is 391 g/mol. The lowest BCUT2D eigenvalue weighted by molar-refractivity contribution is -0.384. The van der Waals surface area contributed by atoms with Gasteiger partial charge in [0.05, 0.1) is 21.9 Å². The summed E-state index contributed by atoms with van der Waals surface area (Å²) in [6.45, 7) is 1.85. The number of nitrogens with zero attached hydrogens (tertiary/aromatic N) is 2. The Morgan fingerprint density at radius 1 is 1.41 bits per heavy atom. The maximum atomic E-state index is 11.8. The quantitative estimate of drug-likeness (QED) is 0.607. The lowest BCUT2D eigenvalue weighted by atomic mass is 9.81. The molecule has 2 aliphatic rings. The molecule has 1 aromatic carbocycles. The summed E-state index contributed by atoms with van der Waals surface area (Å²) in [7, 11) is 0. The Morgan fingerprint density at radius 2 is 2.22 bits per heavy atom. The number of furan rings is 1. The molecule has 2 aromatic rings. The van der Waals surface area contributed by atoms with Crippen LogP contribution in [0.5, 0.6) is 0 Å². The van der Waals surface area contributed by atoms with E-state index in [1.807, 2.05) is 6.07 Å². The van der Waals surface area contributed by atoms with Gasteiger partial charge in [-0.2, -0.15) is 0 Å². The summed E-state index contributed by atoms with van der Waals surface area (Å²) in [6, 6.07) is 7.89. The van der Waals surface area contributed by atoms with Crippen molar-refractivity contribution in [3.63, 3.8) is 0 Å². The molecule has 0 unspecified atom stereocenters. The van der Waals surface area contributed by atoms with E-state index in [4.69, 9.17) is 16.0 Å². The van der Waals surface area contributed by atoms with E-state index in [1.54, 1.807) is 12.1 Å². The minimum absolute atomic E-state index is 0.0712. The van der Waals surface area contributed by atoms with Gasteiger partial charge in [-0.05, 0) is 37.0 Å². The summed E-state index contributed by atoms with van der Waals surface area (Å²) in [4.78, 5) is 24.3. The molecule has 142 valence electrons. The Bertz CT molecular complexity index is 911. The van der Waals surface area contributed by atoms with E-state index in [1.165, 1.54) is 12.1 Å². The number of non-ortho nitro benzene ring substituents is 1. The molecule has 1 aliphatic heterocycles. The van der Waals surface area contributed by atoms with Gasteiger partial charge in [0.25, 0.3) is 5.69 Å². The van der Waals surface area contributed by atoms with E-state index in [0.29, 0.717) is 24.4 Å². The number of fused-ring (bicyclic) bond motifs is 1. The van der Waals surface area contributed by atoms with E-state index >= 15 is 0 Å². The topological polar surface area (TPSA) is 96.8 Å². The fraction of sp³-hybridized carbons (Fsp3) is 0.421. The van der Waals surface area contributed by atoms with Crippen molar-refractivity contribution in [1.29, 1.82) is 0 Å². The molecule has 0 amide bonds. The Hall–Kier alpha value is -2.38. The van der Waals surface area contributed by atoms with Crippen molar-refractivity contribution in [2.24, 2.45) is 11.3 Å². The largest absolute Gasteiger partial charge is 0.481 e. The van der Waals surface area contributed by atoms with Crippen LogP contribution in [0.4, 0.5) is 5.69 Å². The van der Waals surface area contributed by atoms with E-state index in [9.17, 15) is 20.0 Å². The van der Waals surface area contributed by atoms with Gasteiger partial charge in [-0.3, -0.25) is 19.8 Å². The molecule has 1 saturated carbocycles. The fourth-order valence-corrected chi connectivity index (χ4v) is 4.78. The molecule has 7 nitrogen and oxygen atoms in total. The first kappa shape index (κ1) is 18.0. The lowest BCUT2D eigenvalue weighted by Gasteiger charge is -2.23. The standard InChI is InChI=1S/C19H19ClN2O5/c20-16-8-13(22(25)26)3-5-15(16)17-6-4-14(27-17)10-21-9-12-2-1-7-19(12,11-21)18(23)24/h3-6,8,12H,1-2,7,9-11H2,(H,23,24)/t12-,19+/m0/s1. The van der Waals surface area contributed by atoms with Crippen LogP contribution in [-0.2, 0) is 11.3 Å². The number of rotatable bonds is 5. The molecular weight excluding hydrogens is 372 g/mol. The number of carboxylic acid groups (broad SMARTS) is 1. The van der Waals surface area contributed by atoms with E-state index in [2.05, 4.69) is 4.90 Å². The normalized spacial score (nSPS) is 24.9. The zero-order valence-corrected chi connectivity index (χ0v) is 15.3. The molecule has 27 heavy (non-hydrogen) atoms. The maximum absolute atomic E-state index is 11.8. The molecule has 8 heteroatoms. The molecule has 0 bridgehead atoms. The number of aliphatic carboxylic acids is 1. The third-order valence-electron chi connectivity index (χ3n) is 5.84. The molecule has 1 aromatic heterocycles. The van der Waals surface area contributed by atoms with Crippen LogP contribution in [0.3, 0.4) is 0 Å². The first-order valence-corrected chi connectivity index (χ1v) is 9.25. The van der Waals surface area contributed by atoms with Crippen molar-refractivity contribution in [3.05, 3.63) is 51.2 Å². The summed E-state index contributed by atoms with van der Waals surface area (Å²) >= 11 is 6.17. The Kier molecular flexibility index (Phi) is 4.44. The molecule has 0 spiro atoms. The minimum Gasteiger partial charge on any atom is -0.481 e. The van der Waals surface area contributed by atoms with Gasteiger partial charge in [-0.15, -0.1) is 0 Å². The van der Waals surface area contributed by atoms with Gasteiger partial charge in [-0.1, -0.05) is 18.0 Å². The molecule has 4 rings (SSSR count). The fourth-order valence-electron chi connectivity index (χ4n) is 4.51. The molecule has 0 radical (unpaired) electrons. The van der Waals surface area contributed by atoms with Gasteiger partial charge in [0.15, 0.2) is 0 Å². The van der Waals surface area contributed by atoms with Crippen molar-refractivity contribution < 1.29 is 19.2 Å². The van der Waals surface area contributed by atoms with Crippen LogP contribution in [0.2, 0.25) is 5.02 Å². The predicted octanol–water partition coefficient (Wildman–Crippen LogP) is 4.19. The van der Waals surface area contributed by atoms with Crippen molar-refractivity contribution in [1.82, 2.24) is 4.90 Å². The second-order valence-electron chi connectivity index (χ2n) is 7.41. The third-order valence-corrected chi connectivity index (χ3v) is 6.15. The number of hydrogen-bond acceptors (Lipinski definition) is 5. The minimum atomic E-state index is -0.690. The number of hydrogen-bond donors (Lipinski definition) is 1. The lowest BCUT2D eigenvalue weighted by Crippen LogP contribution is -2.35. The molecule has 1 saturated heterocycles. The van der Waals surface area contributed by atoms with Crippen molar-refractivity contribution in [2.45, 2.75) is 25.8 Å². The van der Waals surface area contributed by atoms with Crippen molar-refractivity contribution in [3.8, 4) is 11.3 Å². The highest BCUT2D eigenvalue weighted by atomic mass is 35.5. The Labute approximate surface area is 160 Å². The number of carboxylic acids is 1. The van der Waals surface area contributed by atoms with Crippen molar-refractivity contribution >= 4 is 23.3 Å². The number of benzene rings is 1. The van der Waals surface area contributed by atoms with Crippen LogP contribution in [0, 0.1) is 21.4 Å². The molecule has 2 atom stereocenters. The summed E-state index contributed by atoms with van der Waals surface area (Å²) in [6.07, 6.45) is 2.68. The monoisotopic (exact) mass is 390 g/mol. The number of nitro benzene ring substituents is 1. The van der Waals surface area contributed by atoms with Crippen LogP contribution in [-0.4, -0.2) is 34.0 Å². The number of nitro groups is 1. The van der Waals surface area contributed by atoms with E-state index in [0.717, 1.165) is 31.6 Å². The van der Waals surface area contributed by atoms with Crippen LogP contribution in [0.15, 0.2) is 34.7 Å². The summed E-state index contributed by atoms with van der Waals surface area (Å²) in [5, 5.41) is 20.8. The van der Waals surface area contributed by atoms with E-state index < -0.39 is 16.3 Å². The smallest absolute Gasteiger partial charge is 0.311 e. The van der Waals surface area contributed by atoms with Crippen LogP contribution in [0.25, 0.3) is 11.3 Å². The summed E-state index contributed by atoms with van der Waals surface area (Å²) in [5.41, 5.74) is -0.0937. The Balaban J connectivity index is 1.50. The maximum Gasteiger partial charge on any atom is 0.311 e. The molecule has 2 heterocycles. The highest BCUT2D eigenvalue weighted by Crippen LogP contribution is 2.49. The molecule has 1 N–H and O–H groups in total. The van der Waals surface area contributed by atoms with Gasteiger partial charge >= 0.3 is 5.97 Å². The predicted molar refractivity (Wildman–Crippen MR) is 98.5 cm³/mol. The third kappa shape index (κ3) is 3.11. The SMILES string of the molecule is O=C(O)[C@@]12CCC[C@H]1CN(Cc1ccc(-c3ccc([N+](=O)[O-])cc3Cl)o1)C2. The van der Waals surface area contributed by atoms with Crippen LogP contribution < -0.4 is 0 Å². The summed E-state index contributed by atoms with van der Waals surface area (Å²) < 4.78 is 5.88. The number of carbonyl (C=O) groups is 1.